The quantitative estimate of drug-likeness (QED) is 0.0589. The zero-order valence-corrected chi connectivity index (χ0v) is 29.1. The van der Waals surface area contributed by atoms with E-state index in [1.807, 2.05) is 84.9 Å². The number of hydrogen-bond donors (Lipinski definition) is 2. The summed E-state index contributed by atoms with van der Waals surface area (Å²) in [5.74, 6) is -11.5. The molecule has 1 aromatic heterocycles. The Balaban J connectivity index is 1.08. The largest absolute Gasteiger partial charge is 0.431 e. The molecule has 1 aliphatic rings. The second-order valence-electron chi connectivity index (χ2n) is 12.4. The molecule has 0 spiro atoms. The normalized spacial score (nSPS) is 17.0. The molecule has 5 aromatic carbocycles. The minimum Gasteiger partial charge on any atom is -0.431 e. The van der Waals surface area contributed by atoms with E-state index in [1.165, 1.54) is 11.8 Å². The van der Waals surface area contributed by atoms with E-state index in [9.17, 15) is 31.9 Å². The van der Waals surface area contributed by atoms with Crippen molar-refractivity contribution in [3.8, 4) is 22.6 Å². The van der Waals surface area contributed by atoms with Gasteiger partial charge in [-0.3, -0.25) is 4.79 Å². The molecule has 54 heavy (non-hydrogen) atoms. The predicted molar refractivity (Wildman–Crippen MR) is 190 cm³/mol. The standard InChI is InChI=1S/C41H31F5N2O5S/c42-32-31(33(43)35(45)36(46)34(32)44)39(50)47-20-23-11-17-28(18-12-23)40-51-29(19-30(52-40)25-15-13-24(21-49)14-16-25)22-54-41-48-37(26-7-3-1-4-8-26)38(53-41)27-9-5-2-6-10-27/h1-18,29-30,40,49H,19-22H2,(H,47,50). The van der Waals surface area contributed by atoms with Crippen molar-refractivity contribution in [3.05, 3.63) is 166 Å². The molecular formula is C41H31F5N2O5S. The van der Waals surface area contributed by atoms with Gasteiger partial charge in [-0.05, 0) is 16.7 Å². The van der Waals surface area contributed by atoms with Gasteiger partial charge in [0, 0.05) is 35.4 Å². The number of aromatic nitrogens is 1. The van der Waals surface area contributed by atoms with Crippen molar-refractivity contribution in [1.29, 1.82) is 0 Å². The van der Waals surface area contributed by atoms with Crippen LogP contribution in [0.2, 0.25) is 0 Å². The molecule has 13 heteroatoms. The number of rotatable bonds is 11. The molecule has 1 aliphatic heterocycles. The fraction of sp³-hybridized carbons (Fsp3) is 0.171. The average Bonchev–Trinajstić information content (AvgIpc) is 3.66. The molecule has 2 heterocycles. The van der Waals surface area contributed by atoms with Crippen LogP contribution >= 0.6 is 11.8 Å². The zero-order chi connectivity index (χ0) is 37.8. The van der Waals surface area contributed by atoms with Crippen molar-refractivity contribution < 1.29 is 45.7 Å². The van der Waals surface area contributed by atoms with Crippen molar-refractivity contribution in [2.75, 3.05) is 5.75 Å². The van der Waals surface area contributed by atoms with Crippen LogP contribution in [0.5, 0.6) is 0 Å². The smallest absolute Gasteiger partial charge is 0.257 e. The van der Waals surface area contributed by atoms with Gasteiger partial charge in [-0.25, -0.2) is 26.9 Å². The molecule has 276 valence electrons. The van der Waals surface area contributed by atoms with Gasteiger partial charge in [-0.2, -0.15) is 0 Å². The maximum atomic E-state index is 14.1. The van der Waals surface area contributed by atoms with Crippen LogP contribution in [-0.2, 0) is 22.6 Å². The summed E-state index contributed by atoms with van der Waals surface area (Å²) in [5, 5.41) is 12.2. The number of thioether (sulfide) groups is 1. The molecule has 6 aromatic rings. The second-order valence-corrected chi connectivity index (χ2v) is 13.4. The van der Waals surface area contributed by atoms with E-state index in [4.69, 9.17) is 18.9 Å². The molecule has 0 radical (unpaired) electrons. The number of benzene rings is 5. The number of carbonyl (C=O) groups excluding carboxylic acids is 1. The minimum atomic E-state index is -2.35. The summed E-state index contributed by atoms with van der Waals surface area (Å²) in [5.41, 5.74) is 3.72. The molecule has 3 unspecified atom stereocenters. The van der Waals surface area contributed by atoms with Crippen LogP contribution in [0.1, 0.15) is 51.4 Å². The van der Waals surface area contributed by atoms with Crippen LogP contribution in [0.25, 0.3) is 22.6 Å². The molecule has 1 amide bonds. The van der Waals surface area contributed by atoms with E-state index in [1.54, 1.807) is 24.3 Å². The van der Waals surface area contributed by atoms with Crippen LogP contribution in [0.4, 0.5) is 22.0 Å². The van der Waals surface area contributed by atoms with Crippen LogP contribution in [-0.4, -0.2) is 27.9 Å². The molecule has 2 N–H and O–H groups in total. The summed E-state index contributed by atoms with van der Waals surface area (Å²) in [4.78, 5) is 17.3. The number of amides is 1. The van der Waals surface area contributed by atoms with Crippen molar-refractivity contribution >= 4 is 17.7 Å². The topological polar surface area (TPSA) is 93.8 Å². The Kier molecular flexibility index (Phi) is 11.2. The molecular weight excluding hydrogens is 728 g/mol. The first-order valence-electron chi connectivity index (χ1n) is 16.8. The number of nitrogens with zero attached hydrogens (tertiary/aromatic N) is 1. The van der Waals surface area contributed by atoms with Gasteiger partial charge in [0.2, 0.25) is 5.82 Å². The lowest BCUT2D eigenvalue weighted by molar-refractivity contribution is -0.245. The van der Waals surface area contributed by atoms with Gasteiger partial charge < -0.3 is 24.3 Å². The van der Waals surface area contributed by atoms with Gasteiger partial charge in [0.1, 0.15) is 11.3 Å². The van der Waals surface area contributed by atoms with E-state index < -0.39 is 46.8 Å². The highest BCUT2D eigenvalue weighted by Gasteiger charge is 2.33. The van der Waals surface area contributed by atoms with Crippen molar-refractivity contribution in [2.24, 2.45) is 0 Å². The summed E-state index contributed by atoms with van der Waals surface area (Å²) in [6, 6.07) is 33.6. The lowest BCUT2D eigenvalue weighted by Crippen LogP contribution is -2.31. The van der Waals surface area contributed by atoms with Gasteiger partial charge in [0.05, 0.1) is 18.8 Å². The summed E-state index contributed by atoms with van der Waals surface area (Å²) in [6.07, 6.45) is -1.04. The summed E-state index contributed by atoms with van der Waals surface area (Å²) < 4.78 is 88.2. The Bertz CT molecular complexity index is 2150. The molecule has 0 aliphatic carbocycles. The zero-order valence-electron chi connectivity index (χ0n) is 28.3. The van der Waals surface area contributed by atoms with Gasteiger partial charge in [0.15, 0.2) is 35.3 Å². The molecule has 0 bridgehead atoms. The number of oxazole rings is 1. The van der Waals surface area contributed by atoms with Gasteiger partial charge in [-0.15, -0.1) is 0 Å². The number of aliphatic hydroxyl groups is 1. The first-order valence-corrected chi connectivity index (χ1v) is 17.8. The van der Waals surface area contributed by atoms with Crippen LogP contribution in [0, 0.1) is 29.1 Å². The number of ether oxygens (including phenoxy) is 2. The van der Waals surface area contributed by atoms with Gasteiger partial charge in [-0.1, -0.05) is 121 Å². The van der Waals surface area contributed by atoms with E-state index in [2.05, 4.69) is 5.32 Å². The number of carbonyl (C=O) groups is 1. The molecule has 3 atom stereocenters. The number of halogens is 5. The first kappa shape index (κ1) is 37.0. The van der Waals surface area contributed by atoms with Crippen LogP contribution < -0.4 is 5.32 Å². The third-order valence-electron chi connectivity index (χ3n) is 8.84. The van der Waals surface area contributed by atoms with E-state index in [-0.39, 0.29) is 25.4 Å². The van der Waals surface area contributed by atoms with Crippen molar-refractivity contribution in [3.63, 3.8) is 0 Å². The predicted octanol–water partition coefficient (Wildman–Crippen LogP) is 9.46. The van der Waals surface area contributed by atoms with E-state index >= 15 is 0 Å². The van der Waals surface area contributed by atoms with Crippen LogP contribution in [0.15, 0.2) is 119 Å². The highest BCUT2D eigenvalue weighted by Crippen LogP contribution is 2.41. The Labute approximate surface area is 310 Å². The SMILES string of the molecule is O=C(NCc1ccc(C2OC(CSc3nc(-c4ccccc4)c(-c4ccccc4)o3)CC(c3ccc(CO)cc3)O2)cc1)c1c(F)c(F)c(F)c(F)c1F. The fourth-order valence-electron chi connectivity index (χ4n) is 5.99. The van der Waals surface area contributed by atoms with Crippen LogP contribution in [0.3, 0.4) is 0 Å². The Morgan fingerprint density at radius 2 is 1.30 bits per heavy atom. The fourth-order valence-corrected chi connectivity index (χ4v) is 6.83. The summed E-state index contributed by atoms with van der Waals surface area (Å²) >= 11 is 1.41. The molecule has 7 rings (SSSR count). The van der Waals surface area contributed by atoms with Crippen molar-refractivity contribution in [2.45, 2.75) is 43.3 Å². The second kappa shape index (κ2) is 16.4. The average molecular weight is 759 g/mol. The first-order chi connectivity index (χ1) is 26.2. The maximum absolute atomic E-state index is 14.1. The molecule has 0 saturated carbocycles. The molecule has 1 fully saturated rings. The molecule has 1 saturated heterocycles. The monoisotopic (exact) mass is 758 g/mol. The van der Waals surface area contributed by atoms with E-state index in [0.29, 0.717) is 34.3 Å². The summed E-state index contributed by atoms with van der Waals surface area (Å²) in [6.45, 7) is -0.368. The van der Waals surface area contributed by atoms with Gasteiger partial charge in [0.25, 0.3) is 11.1 Å². The highest BCUT2D eigenvalue weighted by molar-refractivity contribution is 7.99. The number of aliphatic hydroxyl groups excluding tert-OH is 1. The van der Waals surface area contributed by atoms with E-state index in [0.717, 1.165) is 27.9 Å². The van der Waals surface area contributed by atoms with Gasteiger partial charge >= 0.3 is 0 Å². The highest BCUT2D eigenvalue weighted by atomic mass is 32.2. The number of nitrogens with one attached hydrogen (secondary N) is 1. The minimum absolute atomic E-state index is 0.1000. The lowest BCUT2D eigenvalue weighted by Gasteiger charge is -2.36. The third-order valence-corrected chi connectivity index (χ3v) is 9.80. The Morgan fingerprint density at radius 3 is 1.93 bits per heavy atom. The summed E-state index contributed by atoms with van der Waals surface area (Å²) in [7, 11) is 0. The number of hydrogen-bond acceptors (Lipinski definition) is 7. The van der Waals surface area contributed by atoms with Crippen molar-refractivity contribution in [1.82, 2.24) is 10.3 Å². The lowest BCUT2D eigenvalue weighted by atomic mass is 10.0. The Morgan fingerprint density at radius 1 is 0.722 bits per heavy atom. The third kappa shape index (κ3) is 7.94. The molecule has 7 nitrogen and oxygen atoms in total. The maximum Gasteiger partial charge on any atom is 0.257 e. The Hall–Kier alpha value is -5.34.